The number of nitrogens with two attached hydrogens (primary N) is 1. The Morgan fingerprint density at radius 2 is 1.75 bits per heavy atom. The van der Waals surface area contributed by atoms with Crippen LogP contribution in [0.25, 0.3) is 0 Å². The lowest BCUT2D eigenvalue weighted by Crippen LogP contribution is -2.50. The van der Waals surface area contributed by atoms with Crippen LogP contribution >= 0.6 is 0 Å². The first kappa shape index (κ1) is 15.9. The van der Waals surface area contributed by atoms with Crippen molar-refractivity contribution in [2.24, 2.45) is 11.1 Å². The second-order valence-electron chi connectivity index (χ2n) is 3.62. The first-order chi connectivity index (χ1) is 7.52. The van der Waals surface area contributed by atoms with Gasteiger partial charge in [-0.1, -0.05) is 0 Å². The summed E-state index contributed by atoms with van der Waals surface area (Å²) < 4.78 is 22.9. The minimum absolute atomic E-state index is 0.0508. The van der Waals surface area contributed by atoms with Crippen molar-refractivity contribution in [3.8, 4) is 0 Å². The van der Waals surface area contributed by atoms with E-state index in [0.29, 0.717) is 12.8 Å². The van der Waals surface area contributed by atoms with Crippen LogP contribution in [0.2, 0.25) is 0 Å². The van der Waals surface area contributed by atoms with Gasteiger partial charge in [0.2, 0.25) is 0 Å². The Morgan fingerprint density at radius 3 is 2.12 bits per heavy atom. The highest BCUT2D eigenvalue weighted by Crippen LogP contribution is 2.22. The molecule has 8 heteroatoms. The second-order valence-corrected chi connectivity index (χ2v) is 4.29. The minimum atomic E-state index is -2.30. The van der Waals surface area contributed by atoms with Crippen molar-refractivity contribution < 1.29 is 28.3 Å². The molecule has 0 aliphatic heterocycles. The molecule has 0 bridgehead atoms. The van der Waals surface area contributed by atoms with Gasteiger partial charge in [0.1, 0.15) is 0 Å². The predicted molar refractivity (Wildman–Crippen MR) is 57.6 cm³/mol. The highest BCUT2D eigenvalue weighted by molar-refractivity contribution is 7.74. The fourth-order valence-electron chi connectivity index (χ4n) is 1.24. The molecule has 0 aromatic carbocycles. The van der Waals surface area contributed by atoms with Crippen molar-refractivity contribution in [1.29, 1.82) is 0 Å². The van der Waals surface area contributed by atoms with E-state index in [1.54, 1.807) is 0 Å². The van der Waals surface area contributed by atoms with Gasteiger partial charge in [-0.3, -0.25) is 8.74 Å². The zero-order chi connectivity index (χ0) is 12.6. The summed E-state index contributed by atoms with van der Waals surface area (Å²) in [4.78, 5) is 0. The van der Waals surface area contributed by atoms with Crippen LogP contribution in [-0.4, -0.2) is 56.6 Å². The van der Waals surface area contributed by atoms with E-state index in [1.165, 1.54) is 0 Å². The highest BCUT2D eigenvalue weighted by Gasteiger charge is 2.34. The Balaban J connectivity index is 4.01. The van der Waals surface area contributed by atoms with Crippen LogP contribution in [0.5, 0.6) is 0 Å². The molecule has 0 heterocycles. The number of rotatable bonds is 9. The monoisotopic (exact) mass is 257 g/mol. The lowest BCUT2D eigenvalue weighted by molar-refractivity contribution is -0.0159. The van der Waals surface area contributed by atoms with Crippen LogP contribution in [0.1, 0.15) is 12.8 Å². The molecule has 0 amide bonds. The number of hydrogen-bond acceptors (Lipinski definition) is 6. The molecule has 0 saturated heterocycles. The molecule has 0 rings (SSSR count). The summed E-state index contributed by atoms with van der Waals surface area (Å²) in [6, 6.07) is -0.608. The largest absolute Gasteiger partial charge is 0.396 e. The van der Waals surface area contributed by atoms with E-state index >= 15 is 0 Å². The molecule has 0 spiro atoms. The van der Waals surface area contributed by atoms with Gasteiger partial charge in [0.05, 0.1) is 31.8 Å². The van der Waals surface area contributed by atoms with Crippen LogP contribution in [0.15, 0.2) is 0 Å². The average Bonchev–Trinajstić information content (AvgIpc) is 2.27. The van der Waals surface area contributed by atoms with Gasteiger partial charge < -0.3 is 21.1 Å². The maximum atomic E-state index is 10.1. The molecule has 0 aliphatic carbocycles. The van der Waals surface area contributed by atoms with Crippen molar-refractivity contribution in [2.75, 3.05) is 26.4 Å². The van der Waals surface area contributed by atoms with Crippen molar-refractivity contribution in [3.05, 3.63) is 0 Å². The van der Waals surface area contributed by atoms with Crippen LogP contribution in [0.3, 0.4) is 0 Å². The van der Waals surface area contributed by atoms with Gasteiger partial charge in [0.15, 0.2) is 0 Å². The molecular formula is C8H19NO6S. The maximum Gasteiger partial charge on any atom is 0.301 e. The molecule has 0 saturated carbocycles. The summed E-state index contributed by atoms with van der Waals surface area (Å²) in [5.41, 5.74) is 4.60. The Labute approximate surface area is 96.7 Å². The lowest BCUT2D eigenvalue weighted by Gasteiger charge is -2.33. The van der Waals surface area contributed by atoms with Gasteiger partial charge in [0.25, 0.3) is 0 Å². The lowest BCUT2D eigenvalue weighted by atomic mass is 9.81. The van der Waals surface area contributed by atoms with E-state index in [4.69, 9.17) is 25.6 Å². The van der Waals surface area contributed by atoms with Crippen molar-refractivity contribution in [2.45, 2.75) is 18.9 Å². The third-order valence-electron chi connectivity index (χ3n) is 2.57. The molecule has 16 heavy (non-hydrogen) atoms. The molecule has 0 aromatic heterocycles. The van der Waals surface area contributed by atoms with Gasteiger partial charge >= 0.3 is 11.4 Å². The highest BCUT2D eigenvalue weighted by atomic mass is 32.2. The van der Waals surface area contributed by atoms with Crippen molar-refractivity contribution >= 4 is 11.4 Å². The molecule has 0 aromatic rings. The van der Waals surface area contributed by atoms with E-state index < -0.39 is 42.6 Å². The van der Waals surface area contributed by atoms with Crippen molar-refractivity contribution in [1.82, 2.24) is 0 Å². The second kappa shape index (κ2) is 8.07. The van der Waals surface area contributed by atoms with Gasteiger partial charge in [-0.25, -0.2) is 0 Å². The number of aliphatic hydroxyl groups is 3. The Hall–Kier alpha value is -0.0900. The summed E-state index contributed by atoms with van der Waals surface area (Å²) in [6.07, 6.45) is 0.758. The molecule has 7 nitrogen and oxygen atoms in total. The standard InChI is InChI=1S/C8H19NO6S/c9-7(2-1-3-15-16(13)14)8(4-10,5-11)6-12/h7,10-12H,1-6,9H2,(H,13,14). The first-order valence-electron chi connectivity index (χ1n) is 4.84. The zero-order valence-corrected chi connectivity index (χ0v) is 9.73. The smallest absolute Gasteiger partial charge is 0.301 e. The summed E-state index contributed by atoms with van der Waals surface area (Å²) in [6.45, 7) is -1.22. The Morgan fingerprint density at radius 1 is 1.25 bits per heavy atom. The summed E-state index contributed by atoms with van der Waals surface area (Å²) in [7, 11) is 0. The summed E-state index contributed by atoms with van der Waals surface area (Å²) >= 11 is -2.30. The van der Waals surface area contributed by atoms with Crippen LogP contribution < -0.4 is 5.73 Å². The van der Waals surface area contributed by atoms with Crippen LogP contribution in [0.4, 0.5) is 0 Å². The molecule has 0 radical (unpaired) electrons. The third kappa shape index (κ3) is 4.83. The van der Waals surface area contributed by atoms with Crippen LogP contribution in [-0.2, 0) is 15.5 Å². The average molecular weight is 257 g/mol. The molecule has 6 N–H and O–H groups in total. The van der Waals surface area contributed by atoms with Gasteiger partial charge in [-0.05, 0) is 12.8 Å². The van der Waals surface area contributed by atoms with Gasteiger partial charge in [-0.2, -0.15) is 4.21 Å². The predicted octanol–water partition coefficient (Wildman–Crippen LogP) is -1.79. The molecule has 98 valence electrons. The van der Waals surface area contributed by atoms with Crippen molar-refractivity contribution in [3.63, 3.8) is 0 Å². The number of hydrogen-bond donors (Lipinski definition) is 5. The normalized spacial score (nSPS) is 16.1. The van der Waals surface area contributed by atoms with Crippen LogP contribution in [0, 0.1) is 5.41 Å². The van der Waals surface area contributed by atoms with E-state index in [1.807, 2.05) is 0 Å². The molecule has 2 atom stereocenters. The summed E-state index contributed by atoms with van der Waals surface area (Å²) in [5.74, 6) is 0. The van der Waals surface area contributed by atoms with E-state index in [9.17, 15) is 4.21 Å². The Bertz CT molecular complexity index is 202. The minimum Gasteiger partial charge on any atom is -0.396 e. The van der Waals surface area contributed by atoms with Gasteiger partial charge in [0, 0.05) is 6.04 Å². The maximum absolute atomic E-state index is 10.1. The van der Waals surface area contributed by atoms with E-state index in [-0.39, 0.29) is 6.61 Å². The first-order valence-corrected chi connectivity index (χ1v) is 5.88. The quantitative estimate of drug-likeness (QED) is 0.243. The fraction of sp³-hybridized carbons (Fsp3) is 1.00. The molecule has 0 aliphatic rings. The molecular weight excluding hydrogens is 238 g/mol. The fourth-order valence-corrected chi connectivity index (χ4v) is 1.50. The topological polar surface area (TPSA) is 133 Å². The zero-order valence-electron chi connectivity index (χ0n) is 8.91. The SMILES string of the molecule is NC(CCCOS(=O)O)C(CO)(CO)CO. The molecule has 0 fully saturated rings. The number of aliphatic hydroxyl groups excluding tert-OH is 3. The summed E-state index contributed by atoms with van der Waals surface area (Å²) in [5, 5.41) is 27.2. The third-order valence-corrected chi connectivity index (χ3v) is 2.94. The Kier molecular flexibility index (Phi) is 8.02. The van der Waals surface area contributed by atoms with E-state index in [0.717, 1.165) is 0 Å². The van der Waals surface area contributed by atoms with Gasteiger partial charge in [-0.15, -0.1) is 0 Å². The molecule has 2 unspecified atom stereocenters. The van der Waals surface area contributed by atoms with E-state index in [2.05, 4.69) is 4.18 Å².